The smallest absolute Gasteiger partial charge is 0.244 e. The predicted octanol–water partition coefficient (Wildman–Crippen LogP) is 0.0641. The summed E-state index contributed by atoms with van der Waals surface area (Å²) in [6.45, 7) is -0.880. The number of aromatic nitrogens is 3. The maximum atomic E-state index is 13.6. The fraction of sp³-hybridized carbons (Fsp3) is 0.273. The number of rotatable bonds is 5. The number of hydrogen-bond donors (Lipinski definition) is 2. The lowest BCUT2D eigenvalue weighted by Gasteiger charge is -2.08. The minimum absolute atomic E-state index is 0.0507. The zero-order chi connectivity index (χ0) is 15.6. The Hall–Kier alpha value is -1.91. The number of aryl methyl sites for hydroxylation is 1. The van der Waals surface area contributed by atoms with Gasteiger partial charge in [-0.2, -0.15) is 5.10 Å². The Bertz CT molecular complexity index is 761. The van der Waals surface area contributed by atoms with Crippen LogP contribution >= 0.6 is 0 Å². The van der Waals surface area contributed by atoms with Gasteiger partial charge in [0, 0.05) is 7.05 Å². The van der Waals surface area contributed by atoms with Crippen molar-refractivity contribution in [2.45, 2.75) is 18.0 Å². The van der Waals surface area contributed by atoms with Gasteiger partial charge >= 0.3 is 0 Å². The molecule has 0 spiro atoms. The monoisotopic (exact) mass is 318 g/mol. The average molecular weight is 318 g/mol. The molecule has 0 saturated heterocycles. The van der Waals surface area contributed by atoms with E-state index in [1.165, 1.54) is 11.0 Å². The Morgan fingerprint density at radius 2 is 2.10 bits per heavy atom. The van der Waals surface area contributed by atoms with Crippen LogP contribution in [0.15, 0.2) is 23.4 Å². The van der Waals surface area contributed by atoms with Crippen molar-refractivity contribution in [1.82, 2.24) is 19.5 Å². The highest BCUT2D eigenvalue weighted by molar-refractivity contribution is 7.89. The Morgan fingerprint density at radius 3 is 2.67 bits per heavy atom. The van der Waals surface area contributed by atoms with Gasteiger partial charge in [-0.3, -0.25) is 4.68 Å². The van der Waals surface area contributed by atoms with Crippen molar-refractivity contribution in [3.63, 3.8) is 0 Å². The summed E-state index contributed by atoms with van der Waals surface area (Å²) in [5, 5.41) is 12.8. The van der Waals surface area contributed by atoms with Crippen molar-refractivity contribution >= 4 is 10.0 Å². The first-order chi connectivity index (χ1) is 9.83. The molecule has 7 nitrogen and oxygen atoms in total. The van der Waals surface area contributed by atoms with Crippen LogP contribution < -0.4 is 4.72 Å². The second-order valence-electron chi connectivity index (χ2n) is 4.21. The van der Waals surface area contributed by atoms with Crippen molar-refractivity contribution in [3.05, 3.63) is 41.5 Å². The maximum absolute atomic E-state index is 13.6. The molecule has 0 aliphatic carbocycles. The lowest BCUT2D eigenvalue weighted by atomic mass is 10.2. The van der Waals surface area contributed by atoms with E-state index in [9.17, 15) is 17.2 Å². The van der Waals surface area contributed by atoms with Crippen molar-refractivity contribution in [1.29, 1.82) is 0 Å². The van der Waals surface area contributed by atoms with E-state index < -0.39 is 33.2 Å². The summed E-state index contributed by atoms with van der Waals surface area (Å²) in [4.78, 5) is 2.93. The van der Waals surface area contributed by atoms with Crippen molar-refractivity contribution in [2.75, 3.05) is 0 Å². The molecule has 0 fully saturated rings. The van der Waals surface area contributed by atoms with Crippen LogP contribution in [0.1, 0.15) is 11.4 Å². The van der Waals surface area contributed by atoms with Gasteiger partial charge in [0.05, 0.1) is 13.2 Å². The normalized spacial score (nSPS) is 11.8. The van der Waals surface area contributed by atoms with E-state index in [4.69, 9.17) is 5.11 Å². The molecule has 1 heterocycles. The summed E-state index contributed by atoms with van der Waals surface area (Å²) in [6, 6.07) is 1.60. The average Bonchev–Trinajstić information content (AvgIpc) is 2.85. The molecule has 21 heavy (non-hydrogen) atoms. The molecule has 0 aliphatic heterocycles. The van der Waals surface area contributed by atoms with Crippen LogP contribution in [0.5, 0.6) is 0 Å². The van der Waals surface area contributed by atoms with Crippen LogP contribution in [0.2, 0.25) is 0 Å². The molecule has 0 radical (unpaired) electrons. The van der Waals surface area contributed by atoms with Gasteiger partial charge in [0.15, 0.2) is 17.5 Å². The quantitative estimate of drug-likeness (QED) is 0.813. The van der Waals surface area contributed by atoms with E-state index in [0.717, 1.165) is 12.1 Å². The van der Waals surface area contributed by atoms with E-state index in [0.29, 0.717) is 0 Å². The fourth-order valence-electron chi connectivity index (χ4n) is 1.61. The zero-order valence-corrected chi connectivity index (χ0v) is 11.7. The van der Waals surface area contributed by atoms with Gasteiger partial charge in [-0.05, 0) is 17.7 Å². The van der Waals surface area contributed by atoms with Gasteiger partial charge in [-0.1, -0.05) is 0 Å². The molecule has 0 aliphatic rings. The van der Waals surface area contributed by atoms with E-state index >= 15 is 0 Å². The third kappa shape index (κ3) is 3.40. The third-order valence-electron chi connectivity index (χ3n) is 2.59. The number of benzene rings is 1. The van der Waals surface area contributed by atoms with Crippen molar-refractivity contribution < 1.29 is 22.3 Å². The van der Waals surface area contributed by atoms with Gasteiger partial charge in [-0.25, -0.2) is 26.9 Å². The first kappa shape index (κ1) is 15.5. The summed E-state index contributed by atoms with van der Waals surface area (Å²) < 4.78 is 54.4. The Morgan fingerprint density at radius 1 is 1.38 bits per heavy atom. The molecular weight excluding hydrogens is 306 g/mol. The molecular formula is C11H12F2N4O3S. The molecule has 114 valence electrons. The summed E-state index contributed by atoms with van der Waals surface area (Å²) >= 11 is 0. The second-order valence-corrected chi connectivity index (χ2v) is 5.94. The number of sulfonamides is 1. The number of aliphatic hydroxyl groups excluding tert-OH is 1. The Balaban J connectivity index is 2.29. The summed E-state index contributed by atoms with van der Waals surface area (Å²) in [5.74, 6) is -2.67. The summed E-state index contributed by atoms with van der Waals surface area (Å²) in [5.41, 5.74) is -0.0507. The molecule has 2 aromatic rings. The molecule has 1 aromatic carbocycles. The summed E-state index contributed by atoms with van der Waals surface area (Å²) in [7, 11) is -2.70. The second kappa shape index (κ2) is 5.84. The molecule has 0 amide bonds. The van der Waals surface area contributed by atoms with E-state index in [1.807, 2.05) is 0 Å². The van der Waals surface area contributed by atoms with Crippen LogP contribution in [0.25, 0.3) is 0 Å². The van der Waals surface area contributed by atoms with Crippen LogP contribution in [0.4, 0.5) is 8.78 Å². The number of aliphatic hydroxyl groups is 1. The number of hydrogen-bond acceptors (Lipinski definition) is 5. The van der Waals surface area contributed by atoms with Crippen LogP contribution in [-0.2, 0) is 30.2 Å². The first-order valence-corrected chi connectivity index (χ1v) is 7.25. The topological polar surface area (TPSA) is 97.1 Å². The molecule has 0 saturated carbocycles. The molecule has 2 N–H and O–H groups in total. The van der Waals surface area contributed by atoms with Gasteiger partial charge in [0.1, 0.15) is 11.2 Å². The molecule has 0 bridgehead atoms. The molecule has 10 heteroatoms. The standard InChI is InChI=1S/C11H12F2N4O3S/c1-17-6-14-10(16-17)4-15-21(19,20)9-3-7(5-18)2-8(12)11(9)13/h2-3,6,15,18H,4-5H2,1H3. The van der Waals surface area contributed by atoms with E-state index in [-0.39, 0.29) is 17.9 Å². The van der Waals surface area contributed by atoms with Gasteiger partial charge in [-0.15, -0.1) is 0 Å². The lowest BCUT2D eigenvalue weighted by Crippen LogP contribution is -2.25. The maximum Gasteiger partial charge on any atom is 0.244 e. The number of nitrogens with one attached hydrogen (secondary N) is 1. The molecule has 0 atom stereocenters. The highest BCUT2D eigenvalue weighted by Gasteiger charge is 2.23. The van der Waals surface area contributed by atoms with Crippen molar-refractivity contribution in [3.8, 4) is 0 Å². The van der Waals surface area contributed by atoms with Crippen LogP contribution in [0.3, 0.4) is 0 Å². The number of nitrogens with zero attached hydrogens (tertiary/aromatic N) is 3. The van der Waals surface area contributed by atoms with Gasteiger partial charge in [0.2, 0.25) is 10.0 Å². The minimum atomic E-state index is -4.30. The van der Waals surface area contributed by atoms with E-state index in [1.54, 1.807) is 7.05 Å². The minimum Gasteiger partial charge on any atom is -0.392 e. The van der Waals surface area contributed by atoms with Crippen LogP contribution in [-0.4, -0.2) is 28.3 Å². The Kier molecular flexibility index (Phi) is 4.30. The third-order valence-corrected chi connectivity index (χ3v) is 3.99. The SMILES string of the molecule is Cn1cnc(CNS(=O)(=O)c2cc(CO)cc(F)c2F)n1. The molecule has 1 aromatic heterocycles. The van der Waals surface area contributed by atoms with Crippen LogP contribution in [0, 0.1) is 11.6 Å². The molecule has 2 rings (SSSR count). The zero-order valence-electron chi connectivity index (χ0n) is 10.9. The van der Waals surface area contributed by atoms with Crippen molar-refractivity contribution in [2.24, 2.45) is 7.05 Å². The number of halogens is 2. The molecule has 0 unspecified atom stereocenters. The first-order valence-electron chi connectivity index (χ1n) is 5.76. The lowest BCUT2D eigenvalue weighted by molar-refractivity contribution is 0.280. The summed E-state index contributed by atoms with van der Waals surface area (Å²) in [6.07, 6.45) is 1.37. The predicted molar refractivity (Wildman–Crippen MR) is 67.3 cm³/mol. The highest BCUT2D eigenvalue weighted by Crippen LogP contribution is 2.20. The van der Waals surface area contributed by atoms with Gasteiger partial charge in [0.25, 0.3) is 0 Å². The highest BCUT2D eigenvalue weighted by atomic mass is 32.2. The Labute approximate surface area is 119 Å². The fourth-order valence-corrected chi connectivity index (χ4v) is 2.72. The van der Waals surface area contributed by atoms with E-state index in [2.05, 4.69) is 14.8 Å². The van der Waals surface area contributed by atoms with Gasteiger partial charge < -0.3 is 5.11 Å². The largest absolute Gasteiger partial charge is 0.392 e.